The Labute approximate surface area is 183 Å². The molecule has 0 saturated heterocycles. The Morgan fingerprint density at radius 2 is 1.68 bits per heavy atom. The summed E-state index contributed by atoms with van der Waals surface area (Å²) in [5.41, 5.74) is 1.53. The molecule has 164 valence electrons. The molecule has 2 aromatic rings. The third kappa shape index (κ3) is 4.53. The van der Waals surface area contributed by atoms with Crippen LogP contribution >= 0.6 is 12.2 Å². The Balaban J connectivity index is 2.04. The van der Waals surface area contributed by atoms with Gasteiger partial charge in [-0.1, -0.05) is 0 Å². The van der Waals surface area contributed by atoms with Crippen molar-refractivity contribution < 1.29 is 27.8 Å². The summed E-state index contributed by atoms with van der Waals surface area (Å²) in [4.78, 5) is 13.1. The van der Waals surface area contributed by atoms with Gasteiger partial charge in [0.25, 0.3) is 5.91 Å². The Hall–Kier alpha value is -3.40. The molecule has 1 aliphatic rings. The zero-order valence-corrected chi connectivity index (χ0v) is 18.1. The average Bonchev–Trinajstić information content (AvgIpc) is 2.74. The number of ether oxygens (including phenoxy) is 3. The average molecular weight is 449 g/mol. The Kier molecular flexibility index (Phi) is 6.59. The molecule has 10 heteroatoms. The number of benzene rings is 2. The van der Waals surface area contributed by atoms with Crippen LogP contribution in [0.3, 0.4) is 0 Å². The molecule has 1 aliphatic heterocycles. The van der Waals surface area contributed by atoms with Gasteiger partial charge in [-0.05, 0) is 49.0 Å². The number of rotatable bonds is 6. The first-order valence-corrected chi connectivity index (χ1v) is 9.54. The van der Waals surface area contributed by atoms with Crippen LogP contribution in [-0.4, -0.2) is 32.3 Å². The second-order valence-electron chi connectivity index (χ2n) is 6.61. The van der Waals surface area contributed by atoms with Gasteiger partial charge in [0.2, 0.25) is 5.75 Å². The number of hydrogen-bond donors (Lipinski definition) is 3. The van der Waals surface area contributed by atoms with E-state index in [0.29, 0.717) is 39.2 Å². The lowest BCUT2D eigenvalue weighted by atomic mass is 9.94. The highest BCUT2D eigenvalue weighted by atomic mass is 32.1. The molecule has 31 heavy (non-hydrogen) atoms. The van der Waals surface area contributed by atoms with Gasteiger partial charge in [0.15, 0.2) is 28.2 Å². The molecule has 0 bridgehead atoms. The van der Waals surface area contributed by atoms with Gasteiger partial charge < -0.3 is 30.2 Å². The van der Waals surface area contributed by atoms with Crippen LogP contribution in [0.1, 0.15) is 18.5 Å². The van der Waals surface area contributed by atoms with Gasteiger partial charge in [-0.25, -0.2) is 8.78 Å². The summed E-state index contributed by atoms with van der Waals surface area (Å²) in [5, 5.41) is 8.88. The standard InChI is InChI=1S/C21H21F2N3O4S/c1-10-17(20(27)25-12-5-6-13(22)14(23)9-12)18(26-21(31)24-10)11-7-15(28-2)19(30-4)16(8-11)29-3/h5-9,18H,1-4H3,(H,25,27)(H2,24,26,31)/t18-/m0/s1. The van der Waals surface area contributed by atoms with Crippen molar-refractivity contribution in [3.63, 3.8) is 0 Å². The van der Waals surface area contributed by atoms with Crippen LogP contribution in [-0.2, 0) is 4.79 Å². The van der Waals surface area contributed by atoms with Crippen LogP contribution < -0.4 is 30.2 Å². The summed E-state index contributed by atoms with van der Waals surface area (Å²) in [6, 6.07) is 5.85. The highest BCUT2D eigenvalue weighted by molar-refractivity contribution is 7.80. The number of halogens is 2. The zero-order chi connectivity index (χ0) is 22.7. The number of allylic oxidation sites excluding steroid dienone is 1. The van der Waals surface area contributed by atoms with Crippen LogP contribution in [0, 0.1) is 11.6 Å². The molecule has 1 heterocycles. The maximum atomic E-state index is 13.6. The molecule has 0 saturated carbocycles. The van der Waals surface area contributed by atoms with E-state index in [2.05, 4.69) is 16.0 Å². The zero-order valence-electron chi connectivity index (χ0n) is 17.3. The normalized spacial score (nSPS) is 15.7. The van der Waals surface area contributed by atoms with Gasteiger partial charge in [-0.15, -0.1) is 0 Å². The van der Waals surface area contributed by atoms with E-state index in [-0.39, 0.29) is 5.69 Å². The first-order chi connectivity index (χ1) is 14.8. The summed E-state index contributed by atoms with van der Waals surface area (Å²) in [7, 11) is 4.46. The third-order valence-electron chi connectivity index (χ3n) is 4.71. The Morgan fingerprint density at radius 3 is 2.23 bits per heavy atom. The van der Waals surface area contributed by atoms with Crippen LogP contribution in [0.4, 0.5) is 14.5 Å². The van der Waals surface area contributed by atoms with Gasteiger partial charge in [0, 0.05) is 17.5 Å². The van der Waals surface area contributed by atoms with Crippen molar-refractivity contribution in [2.24, 2.45) is 0 Å². The lowest BCUT2D eigenvalue weighted by Gasteiger charge is -2.31. The highest BCUT2D eigenvalue weighted by Gasteiger charge is 2.31. The second kappa shape index (κ2) is 9.17. The fraction of sp³-hybridized carbons (Fsp3) is 0.238. The quantitative estimate of drug-likeness (QED) is 0.583. The minimum absolute atomic E-state index is 0.112. The molecule has 1 atom stereocenters. The van der Waals surface area contributed by atoms with Crippen molar-refractivity contribution in [2.75, 3.05) is 26.6 Å². The number of carbonyl (C=O) groups excluding carboxylic acids is 1. The monoisotopic (exact) mass is 449 g/mol. The van der Waals surface area contributed by atoms with Crippen molar-refractivity contribution in [3.05, 3.63) is 58.8 Å². The first kappa shape index (κ1) is 22.3. The predicted octanol–water partition coefficient (Wildman–Crippen LogP) is 3.42. The van der Waals surface area contributed by atoms with Crippen LogP contribution in [0.25, 0.3) is 0 Å². The molecule has 3 rings (SSSR count). The number of anilines is 1. The Morgan fingerprint density at radius 1 is 1.03 bits per heavy atom. The number of hydrogen-bond acceptors (Lipinski definition) is 5. The molecule has 0 unspecified atom stereocenters. The largest absolute Gasteiger partial charge is 0.493 e. The van der Waals surface area contributed by atoms with Crippen molar-refractivity contribution in [1.29, 1.82) is 0 Å². The van der Waals surface area contributed by atoms with E-state index in [1.165, 1.54) is 27.4 Å². The first-order valence-electron chi connectivity index (χ1n) is 9.13. The summed E-state index contributed by atoms with van der Waals surface area (Å²) in [6.07, 6.45) is 0. The number of amides is 1. The Bertz CT molecular complexity index is 1050. The van der Waals surface area contributed by atoms with Crippen LogP contribution in [0.15, 0.2) is 41.6 Å². The summed E-state index contributed by atoms with van der Waals surface area (Å²) in [5.74, 6) is -1.38. The molecule has 1 amide bonds. The molecular formula is C21H21F2N3O4S. The van der Waals surface area contributed by atoms with E-state index < -0.39 is 23.6 Å². The second-order valence-corrected chi connectivity index (χ2v) is 7.02. The number of nitrogens with one attached hydrogen (secondary N) is 3. The van der Waals surface area contributed by atoms with Crippen LogP contribution in [0.5, 0.6) is 17.2 Å². The van der Waals surface area contributed by atoms with Gasteiger partial charge in [0.05, 0.1) is 32.9 Å². The van der Waals surface area contributed by atoms with E-state index in [9.17, 15) is 13.6 Å². The summed E-state index contributed by atoms with van der Waals surface area (Å²) >= 11 is 5.27. The van der Waals surface area contributed by atoms with E-state index in [0.717, 1.165) is 12.1 Å². The topological polar surface area (TPSA) is 80.9 Å². The minimum atomic E-state index is -1.06. The molecule has 0 radical (unpaired) electrons. The third-order valence-corrected chi connectivity index (χ3v) is 4.93. The van der Waals surface area contributed by atoms with Crippen molar-refractivity contribution in [2.45, 2.75) is 13.0 Å². The van der Waals surface area contributed by atoms with Gasteiger partial charge in [-0.2, -0.15) is 0 Å². The predicted molar refractivity (Wildman–Crippen MR) is 115 cm³/mol. The smallest absolute Gasteiger partial charge is 0.255 e. The highest BCUT2D eigenvalue weighted by Crippen LogP contribution is 2.41. The fourth-order valence-electron chi connectivity index (χ4n) is 3.29. The molecule has 3 N–H and O–H groups in total. The molecule has 0 fully saturated rings. The molecule has 0 aromatic heterocycles. The summed E-state index contributed by atoms with van der Waals surface area (Å²) < 4.78 is 42.9. The van der Waals surface area contributed by atoms with Gasteiger partial charge in [0.1, 0.15) is 0 Å². The maximum Gasteiger partial charge on any atom is 0.255 e. The molecule has 2 aromatic carbocycles. The van der Waals surface area contributed by atoms with Crippen LogP contribution in [0.2, 0.25) is 0 Å². The lowest BCUT2D eigenvalue weighted by molar-refractivity contribution is -0.113. The number of methoxy groups -OCH3 is 3. The summed E-state index contributed by atoms with van der Waals surface area (Å²) in [6.45, 7) is 1.69. The maximum absolute atomic E-state index is 13.6. The van der Waals surface area contributed by atoms with Crippen molar-refractivity contribution >= 4 is 28.9 Å². The van der Waals surface area contributed by atoms with Crippen molar-refractivity contribution in [3.8, 4) is 17.2 Å². The van der Waals surface area contributed by atoms with E-state index in [4.69, 9.17) is 26.4 Å². The lowest BCUT2D eigenvalue weighted by Crippen LogP contribution is -2.45. The van der Waals surface area contributed by atoms with Gasteiger partial charge in [-0.3, -0.25) is 4.79 Å². The molecule has 7 nitrogen and oxygen atoms in total. The molecule has 0 spiro atoms. The van der Waals surface area contributed by atoms with E-state index in [1.807, 2.05) is 0 Å². The molecular weight excluding hydrogens is 428 g/mol. The SMILES string of the molecule is COc1cc([C@@H]2NC(=S)NC(C)=C2C(=O)Nc2ccc(F)c(F)c2)cc(OC)c1OC. The fourth-order valence-corrected chi connectivity index (χ4v) is 3.56. The van der Waals surface area contributed by atoms with E-state index >= 15 is 0 Å². The van der Waals surface area contributed by atoms with E-state index in [1.54, 1.807) is 19.1 Å². The number of thiocarbonyl (C=S) groups is 1. The number of carbonyl (C=O) groups is 1. The van der Waals surface area contributed by atoms with Gasteiger partial charge >= 0.3 is 0 Å². The van der Waals surface area contributed by atoms with Crippen molar-refractivity contribution in [1.82, 2.24) is 10.6 Å². The molecule has 0 aliphatic carbocycles. The minimum Gasteiger partial charge on any atom is -0.493 e.